The second kappa shape index (κ2) is 8.66. The lowest BCUT2D eigenvalue weighted by Gasteiger charge is -2.32. The molecule has 3 rings (SSSR count). The Bertz CT molecular complexity index is 754. The van der Waals surface area contributed by atoms with Gasteiger partial charge in [-0.15, -0.1) is 0 Å². The molecular weight excluding hydrogens is 340 g/mol. The maximum atomic E-state index is 12.7. The summed E-state index contributed by atoms with van der Waals surface area (Å²) in [7, 11) is 0. The first kappa shape index (κ1) is 18.9. The van der Waals surface area contributed by atoms with Crippen LogP contribution in [0.4, 0.5) is 5.82 Å². The van der Waals surface area contributed by atoms with E-state index in [9.17, 15) is 9.59 Å². The third-order valence-electron chi connectivity index (χ3n) is 4.86. The summed E-state index contributed by atoms with van der Waals surface area (Å²) in [6, 6.07) is 14.3. The second-order valence-corrected chi connectivity index (χ2v) is 7.05. The average molecular weight is 366 g/mol. The van der Waals surface area contributed by atoms with Crippen LogP contribution >= 0.6 is 0 Å². The normalized spacial score (nSPS) is 14.3. The van der Waals surface area contributed by atoms with Crippen LogP contribution in [0.3, 0.4) is 0 Å². The Kier molecular flexibility index (Phi) is 6.06. The molecule has 0 spiro atoms. The van der Waals surface area contributed by atoms with Gasteiger partial charge in [0.25, 0.3) is 5.91 Å². The van der Waals surface area contributed by atoms with Crippen LogP contribution in [0.15, 0.2) is 48.7 Å². The first-order valence-corrected chi connectivity index (χ1v) is 9.33. The molecule has 27 heavy (non-hydrogen) atoms. The smallest absolute Gasteiger partial charge is 0.255 e. The van der Waals surface area contributed by atoms with Crippen LogP contribution in [0.5, 0.6) is 0 Å². The van der Waals surface area contributed by atoms with Gasteiger partial charge in [0.15, 0.2) is 0 Å². The van der Waals surface area contributed by atoms with E-state index >= 15 is 0 Å². The summed E-state index contributed by atoms with van der Waals surface area (Å²) < 4.78 is 0. The third-order valence-corrected chi connectivity index (χ3v) is 4.86. The molecule has 0 unspecified atom stereocenters. The Balaban J connectivity index is 1.69. The fourth-order valence-corrected chi connectivity index (χ4v) is 3.20. The van der Waals surface area contributed by atoms with E-state index in [1.54, 1.807) is 16.0 Å². The Labute approximate surface area is 160 Å². The van der Waals surface area contributed by atoms with E-state index in [0.29, 0.717) is 31.7 Å². The van der Waals surface area contributed by atoms with Crippen LogP contribution in [0, 0.1) is 0 Å². The van der Waals surface area contributed by atoms with Crippen LogP contribution < -0.4 is 4.90 Å². The molecule has 0 bridgehead atoms. The molecule has 1 aliphatic rings. The lowest BCUT2D eigenvalue weighted by molar-refractivity contribution is -0.119. The number of hydrogen-bond donors (Lipinski definition) is 0. The van der Waals surface area contributed by atoms with Gasteiger partial charge in [0, 0.05) is 45.0 Å². The number of aromatic nitrogens is 1. The molecule has 1 saturated heterocycles. The SMILES string of the molecule is CC(C)N(Cc1ccccc1)c1ccc(C(=O)N2CCN(C=O)CC2)cn1. The van der Waals surface area contributed by atoms with E-state index in [0.717, 1.165) is 18.8 Å². The summed E-state index contributed by atoms with van der Waals surface area (Å²) >= 11 is 0. The predicted molar refractivity (Wildman–Crippen MR) is 106 cm³/mol. The van der Waals surface area contributed by atoms with Gasteiger partial charge in [0.2, 0.25) is 6.41 Å². The van der Waals surface area contributed by atoms with E-state index < -0.39 is 0 Å². The number of piperazine rings is 1. The molecule has 6 heteroatoms. The number of carbonyl (C=O) groups is 2. The molecule has 2 heterocycles. The Hall–Kier alpha value is -2.89. The molecule has 2 aromatic rings. The molecule has 0 N–H and O–H groups in total. The zero-order chi connectivity index (χ0) is 19.2. The zero-order valence-electron chi connectivity index (χ0n) is 15.9. The molecule has 1 fully saturated rings. The average Bonchev–Trinajstić information content (AvgIpc) is 2.72. The first-order valence-electron chi connectivity index (χ1n) is 9.33. The maximum Gasteiger partial charge on any atom is 0.255 e. The summed E-state index contributed by atoms with van der Waals surface area (Å²) in [5.74, 6) is 0.829. The number of hydrogen-bond acceptors (Lipinski definition) is 4. The van der Waals surface area contributed by atoms with Gasteiger partial charge >= 0.3 is 0 Å². The van der Waals surface area contributed by atoms with E-state index in [2.05, 4.69) is 35.9 Å². The standard InChI is InChI=1S/C21H26N4O2/c1-17(2)25(15-18-6-4-3-5-7-18)20-9-8-19(14-22-20)21(27)24-12-10-23(16-26)11-13-24/h3-9,14,16-17H,10-13,15H2,1-2H3. The summed E-state index contributed by atoms with van der Waals surface area (Å²) in [5.41, 5.74) is 1.81. The highest BCUT2D eigenvalue weighted by Gasteiger charge is 2.22. The number of benzene rings is 1. The molecule has 0 saturated carbocycles. The third kappa shape index (κ3) is 4.64. The molecule has 1 aromatic carbocycles. The number of pyridine rings is 1. The molecular formula is C21H26N4O2. The minimum atomic E-state index is -0.0289. The van der Waals surface area contributed by atoms with Crippen molar-refractivity contribution in [2.75, 3.05) is 31.1 Å². The van der Waals surface area contributed by atoms with Gasteiger partial charge < -0.3 is 14.7 Å². The van der Waals surface area contributed by atoms with E-state index in [-0.39, 0.29) is 11.9 Å². The van der Waals surface area contributed by atoms with Gasteiger partial charge in [0.05, 0.1) is 5.56 Å². The second-order valence-electron chi connectivity index (χ2n) is 7.05. The lowest BCUT2D eigenvalue weighted by Crippen LogP contribution is -2.48. The zero-order valence-corrected chi connectivity index (χ0v) is 15.9. The van der Waals surface area contributed by atoms with Gasteiger partial charge in [-0.05, 0) is 31.5 Å². The Morgan fingerprint density at radius 3 is 2.37 bits per heavy atom. The quantitative estimate of drug-likeness (QED) is 0.737. The summed E-state index contributed by atoms with van der Waals surface area (Å²) in [6.07, 6.45) is 2.50. The van der Waals surface area contributed by atoms with Crippen molar-refractivity contribution in [2.24, 2.45) is 0 Å². The summed E-state index contributed by atoms with van der Waals surface area (Å²) in [5, 5.41) is 0. The molecule has 2 amide bonds. The number of anilines is 1. The van der Waals surface area contributed by atoms with E-state index in [1.165, 1.54) is 5.56 Å². The Morgan fingerprint density at radius 2 is 1.81 bits per heavy atom. The molecule has 6 nitrogen and oxygen atoms in total. The minimum Gasteiger partial charge on any atom is -0.350 e. The molecule has 0 radical (unpaired) electrons. The van der Waals surface area contributed by atoms with Crippen LogP contribution in [-0.2, 0) is 11.3 Å². The summed E-state index contributed by atoms with van der Waals surface area (Å²) in [6.45, 7) is 7.33. The summed E-state index contributed by atoms with van der Waals surface area (Å²) in [4.78, 5) is 33.7. The van der Waals surface area contributed by atoms with Gasteiger partial charge in [-0.3, -0.25) is 9.59 Å². The maximum absolute atomic E-state index is 12.7. The molecule has 142 valence electrons. The number of carbonyl (C=O) groups excluding carboxylic acids is 2. The highest BCUT2D eigenvalue weighted by molar-refractivity contribution is 5.94. The van der Waals surface area contributed by atoms with Crippen LogP contribution in [-0.4, -0.2) is 59.3 Å². The van der Waals surface area contributed by atoms with Crippen LogP contribution in [0.25, 0.3) is 0 Å². The van der Waals surface area contributed by atoms with Gasteiger partial charge in [-0.1, -0.05) is 30.3 Å². The van der Waals surface area contributed by atoms with Crippen molar-refractivity contribution in [1.82, 2.24) is 14.8 Å². The highest BCUT2D eigenvalue weighted by atomic mass is 16.2. The molecule has 1 aliphatic heterocycles. The number of amides is 2. The fraction of sp³-hybridized carbons (Fsp3) is 0.381. The van der Waals surface area contributed by atoms with Crippen molar-refractivity contribution in [3.63, 3.8) is 0 Å². The van der Waals surface area contributed by atoms with Crippen molar-refractivity contribution < 1.29 is 9.59 Å². The largest absolute Gasteiger partial charge is 0.350 e. The molecule has 0 aliphatic carbocycles. The van der Waals surface area contributed by atoms with Crippen molar-refractivity contribution in [3.8, 4) is 0 Å². The van der Waals surface area contributed by atoms with Gasteiger partial charge in [-0.2, -0.15) is 0 Å². The minimum absolute atomic E-state index is 0.0289. The van der Waals surface area contributed by atoms with Crippen molar-refractivity contribution in [1.29, 1.82) is 0 Å². The topological polar surface area (TPSA) is 56.8 Å². The van der Waals surface area contributed by atoms with Gasteiger partial charge in [0.1, 0.15) is 5.82 Å². The van der Waals surface area contributed by atoms with Gasteiger partial charge in [-0.25, -0.2) is 4.98 Å². The van der Waals surface area contributed by atoms with Crippen molar-refractivity contribution >= 4 is 18.1 Å². The highest BCUT2D eigenvalue weighted by Crippen LogP contribution is 2.19. The van der Waals surface area contributed by atoms with Crippen molar-refractivity contribution in [2.45, 2.75) is 26.4 Å². The van der Waals surface area contributed by atoms with Crippen LogP contribution in [0.1, 0.15) is 29.8 Å². The van der Waals surface area contributed by atoms with E-state index in [4.69, 9.17) is 0 Å². The molecule has 0 atom stereocenters. The monoisotopic (exact) mass is 366 g/mol. The Morgan fingerprint density at radius 1 is 1.11 bits per heavy atom. The van der Waals surface area contributed by atoms with Crippen molar-refractivity contribution in [3.05, 3.63) is 59.8 Å². The number of rotatable bonds is 6. The van der Waals surface area contributed by atoms with E-state index in [1.807, 2.05) is 30.3 Å². The lowest BCUT2D eigenvalue weighted by atomic mass is 10.1. The fourth-order valence-electron chi connectivity index (χ4n) is 3.20. The number of nitrogens with zero attached hydrogens (tertiary/aromatic N) is 4. The van der Waals surface area contributed by atoms with Crippen LogP contribution in [0.2, 0.25) is 0 Å². The first-order chi connectivity index (χ1) is 13.1. The predicted octanol–water partition coefficient (Wildman–Crippen LogP) is 2.41. The molecule has 1 aromatic heterocycles.